The molecule has 0 fully saturated rings. The number of aryl methyl sites for hydroxylation is 1. The van der Waals surface area contributed by atoms with Gasteiger partial charge in [0.2, 0.25) is 11.6 Å². The zero-order valence-electron chi connectivity index (χ0n) is 16.6. The van der Waals surface area contributed by atoms with E-state index in [9.17, 15) is 23.7 Å². The molecule has 0 radical (unpaired) electrons. The summed E-state index contributed by atoms with van der Waals surface area (Å²) in [4.78, 5) is 22.7. The third-order valence-corrected chi connectivity index (χ3v) is 4.70. The Kier molecular flexibility index (Phi) is 5.90. The highest BCUT2D eigenvalue weighted by molar-refractivity contribution is 5.91. The van der Waals surface area contributed by atoms with E-state index < -0.39 is 35.2 Å². The van der Waals surface area contributed by atoms with Crippen LogP contribution in [-0.2, 0) is 17.9 Å². The molecule has 0 spiro atoms. The number of benzene rings is 1. The Morgan fingerprint density at radius 1 is 1.13 bits per heavy atom. The quantitative estimate of drug-likeness (QED) is 0.466. The molecule has 9 nitrogen and oxygen atoms in total. The monoisotopic (exact) mass is 418 g/mol. The van der Waals surface area contributed by atoms with Gasteiger partial charge < -0.3 is 5.32 Å². The minimum absolute atomic E-state index is 0.112. The van der Waals surface area contributed by atoms with Crippen molar-refractivity contribution in [2.24, 2.45) is 0 Å². The van der Waals surface area contributed by atoms with Crippen LogP contribution in [0.3, 0.4) is 0 Å². The summed E-state index contributed by atoms with van der Waals surface area (Å²) in [5.74, 6) is -0.554. The number of carbonyl (C=O) groups excluding carboxylic acids is 1. The molecule has 0 aliphatic carbocycles. The maximum Gasteiger partial charge on any atom is 0.319 e. The summed E-state index contributed by atoms with van der Waals surface area (Å²) < 4.78 is 28.8. The van der Waals surface area contributed by atoms with Crippen LogP contribution in [0.5, 0.6) is 0 Å². The van der Waals surface area contributed by atoms with Gasteiger partial charge in [0.05, 0.1) is 28.5 Å². The second-order valence-electron chi connectivity index (χ2n) is 6.77. The third kappa shape index (κ3) is 4.19. The maximum atomic E-state index is 13.1. The minimum atomic E-state index is -3.12. The molecule has 1 aromatic carbocycles. The van der Waals surface area contributed by atoms with Crippen molar-refractivity contribution < 1.29 is 18.5 Å². The van der Waals surface area contributed by atoms with Crippen molar-refractivity contribution in [1.82, 2.24) is 19.6 Å². The number of carbonyl (C=O) groups is 1. The average Bonchev–Trinajstić information content (AvgIpc) is 3.14. The predicted molar refractivity (Wildman–Crippen MR) is 104 cm³/mol. The highest BCUT2D eigenvalue weighted by Crippen LogP contribution is 2.31. The Morgan fingerprint density at radius 2 is 1.80 bits per heavy atom. The molecular weight excluding hydrogens is 398 g/mol. The first-order valence-electron chi connectivity index (χ1n) is 9.06. The molecule has 11 heteroatoms. The van der Waals surface area contributed by atoms with Crippen molar-refractivity contribution in [1.29, 1.82) is 0 Å². The molecule has 158 valence electrons. The van der Waals surface area contributed by atoms with Gasteiger partial charge in [-0.15, -0.1) is 0 Å². The highest BCUT2D eigenvalue weighted by Gasteiger charge is 2.31. The fraction of sp³-hybridized carbons (Fsp3) is 0.316. The first-order valence-corrected chi connectivity index (χ1v) is 9.06. The molecular formula is C19H20F2N6O3. The molecule has 30 heavy (non-hydrogen) atoms. The molecule has 2 aromatic heterocycles. The number of alkyl halides is 2. The van der Waals surface area contributed by atoms with Crippen LogP contribution in [0.1, 0.15) is 34.8 Å². The van der Waals surface area contributed by atoms with E-state index in [0.29, 0.717) is 17.9 Å². The number of hydrogen-bond donors (Lipinski definition) is 1. The summed E-state index contributed by atoms with van der Waals surface area (Å²) in [5, 5.41) is 21.8. The number of hydrogen-bond acceptors (Lipinski definition) is 5. The van der Waals surface area contributed by atoms with Gasteiger partial charge in [-0.2, -0.15) is 10.2 Å². The summed E-state index contributed by atoms with van der Waals surface area (Å²) in [6.45, 7) is 4.90. The Bertz CT molecular complexity index is 1090. The number of halogens is 2. The lowest BCUT2D eigenvalue weighted by atomic mass is 10.2. The van der Waals surface area contributed by atoms with Gasteiger partial charge in [0.1, 0.15) is 12.2 Å². The molecule has 0 aliphatic heterocycles. The number of nitrogens with zero attached hydrogens (tertiary/aromatic N) is 5. The van der Waals surface area contributed by atoms with E-state index in [0.717, 1.165) is 15.9 Å². The van der Waals surface area contributed by atoms with Crippen LogP contribution in [-0.4, -0.2) is 30.4 Å². The van der Waals surface area contributed by atoms with Gasteiger partial charge in [0.15, 0.2) is 0 Å². The number of anilines is 1. The molecule has 0 bridgehead atoms. The number of nitro groups is 1. The van der Waals surface area contributed by atoms with Crippen LogP contribution in [0.2, 0.25) is 0 Å². The van der Waals surface area contributed by atoms with Gasteiger partial charge in [-0.05, 0) is 26.3 Å². The van der Waals surface area contributed by atoms with Crippen molar-refractivity contribution in [3.63, 3.8) is 0 Å². The summed E-state index contributed by atoms with van der Waals surface area (Å²) in [5.41, 5.74) is 1.02. The standard InChI is InChI=1S/C19H20F2N6O3/c1-11-16(12(2)25(23-11)9-14-7-5-4-6-8-14)22-15(28)10-26-13(3)18(27(29)30)17(24-26)19(20)21/h4-8,19H,9-10H2,1-3H3,(H,22,28). The van der Waals surface area contributed by atoms with Gasteiger partial charge >= 0.3 is 5.69 Å². The first-order chi connectivity index (χ1) is 14.2. The number of amides is 1. The smallest absolute Gasteiger partial charge is 0.319 e. The van der Waals surface area contributed by atoms with Gasteiger partial charge in [0, 0.05) is 0 Å². The lowest BCUT2D eigenvalue weighted by Gasteiger charge is -2.08. The molecule has 1 N–H and O–H groups in total. The third-order valence-electron chi connectivity index (χ3n) is 4.70. The maximum absolute atomic E-state index is 13.1. The van der Waals surface area contributed by atoms with E-state index in [1.807, 2.05) is 30.3 Å². The Hall–Kier alpha value is -3.63. The predicted octanol–water partition coefficient (Wildman–Crippen LogP) is 3.54. The minimum Gasteiger partial charge on any atom is -0.321 e. The van der Waals surface area contributed by atoms with Crippen LogP contribution in [0.4, 0.5) is 20.2 Å². The SMILES string of the molecule is Cc1nn(Cc2ccccc2)c(C)c1NC(=O)Cn1nc(C(F)F)c([N+](=O)[O-])c1C. The second-order valence-corrected chi connectivity index (χ2v) is 6.77. The van der Waals surface area contributed by atoms with E-state index in [1.54, 1.807) is 18.5 Å². The molecule has 1 amide bonds. The van der Waals surface area contributed by atoms with Gasteiger partial charge in [0.25, 0.3) is 6.43 Å². The van der Waals surface area contributed by atoms with Crippen LogP contribution in [0, 0.1) is 30.9 Å². The molecule has 0 saturated heterocycles. The molecule has 0 aliphatic rings. The van der Waals surface area contributed by atoms with E-state index in [4.69, 9.17) is 0 Å². The molecule has 0 saturated carbocycles. The number of rotatable bonds is 7. The molecule has 0 atom stereocenters. The van der Waals surface area contributed by atoms with E-state index in [-0.39, 0.29) is 5.69 Å². The summed E-state index contributed by atoms with van der Waals surface area (Å²) in [6.07, 6.45) is -3.12. The lowest BCUT2D eigenvalue weighted by molar-refractivity contribution is -0.386. The fourth-order valence-electron chi connectivity index (χ4n) is 3.19. The number of aromatic nitrogens is 4. The van der Waals surface area contributed by atoms with Crippen molar-refractivity contribution in [3.8, 4) is 0 Å². The van der Waals surface area contributed by atoms with Gasteiger partial charge in [-0.25, -0.2) is 8.78 Å². The van der Waals surface area contributed by atoms with Crippen molar-refractivity contribution in [2.75, 3.05) is 5.32 Å². The first kappa shape index (κ1) is 21.1. The van der Waals surface area contributed by atoms with Crippen molar-refractivity contribution >= 4 is 17.3 Å². The van der Waals surface area contributed by atoms with E-state index in [1.165, 1.54) is 6.92 Å². The Morgan fingerprint density at radius 3 is 2.37 bits per heavy atom. The molecule has 0 unspecified atom stereocenters. The average molecular weight is 418 g/mol. The van der Waals surface area contributed by atoms with Crippen LogP contribution >= 0.6 is 0 Å². The van der Waals surface area contributed by atoms with Crippen LogP contribution in [0.15, 0.2) is 30.3 Å². The zero-order valence-corrected chi connectivity index (χ0v) is 16.6. The summed E-state index contributed by atoms with van der Waals surface area (Å²) in [7, 11) is 0. The van der Waals surface area contributed by atoms with Gasteiger partial charge in [-0.3, -0.25) is 24.3 Å². The van der Waals surface area contributed by atoms with Gasteiger partial charge in [-0.1, -0.05) is 30.3 Å². The largest absolute Gasteiger partial charge is 0.321 e. The molecule has 3 rings (SSSR count). The zero-order chi connectivity index (χ0) is 22.0. The Balaban J connectivity index is 1.79. The summed E-state index contributed by atoms with van der Waals surface area (Å²) in [6, 6.07) is 9.68. The number of nitrogens with one attached hydrogen (secondary N) is 1. The van der Waals surface area contributed by atoms with Crippen molar-refractivity contribution in [2.45, 2.75) is 40.3 Å². The van der Waals surface area contributed by atoms with E-state index >= 15 is 0 Å². The topological polar surface area (TPSA) is 108 Å². The van der Waals surface area contributed by atoms with Crippen molar-refractivity contribution in [3.05, 3.63) is 68.8 Å². The normalized spacial score (nSPS) is 11.1. The summed E-state index contributed by atoms with van der Waals surface area (Å²) >= 11 is 0. The van der Waals surface area contributed by atoms with Crippen LogP contribution in [0.25, 0.3) is 0 Å². The van der Waals surface area contributed by atoms with E-state index in [2.05, 4.69) is 15.5 Å². The Labute approximate surface area is 170 Å². The van der Waals surface area contributed by atoms with Crippen LogP contribution < -0.4 is 5.32 Å². The molecule has 3 aromatic rings. The highest BCUT2D eigenvalue weighted by atomic mass is 19.3. The second kappa shape index (κ2) is 8.39. The lowest BCUT2D eigenvalue weighted by Crippen LogP contribution is -2.21. The molecule has 2 heterocycles. The fourth-order valence-corrected chi connectivity index (χ4v) is 3.19.